The lowest BCUT2D eigenvalue weighted by molar-refractivity contribution is -0.156. The maximum absolute atomic E-state index is 12.8. The molecular weight excluding hydrogens is 217 g/mol. The molecule has 1 aliphatic carbocycles. The Morgan fingerprint density at radius 2 is 2.00 bits per heavy atom. The first-order valence-corrected chi connectivity index (χ1v) is 5.69. The molecule has 0 unspecified atom stereocenters. The van der Waals surface area contributed by atoms with Crippen molar-refractivity contribution in [3.05, 3.63) is 17.7 Å². The van der Waals surface area contributed by atoms with Gasteiger partial charge in [-0.3, -0.25) is 0 Å². The van der Waals surface area contributed by atoms with Crippen LogP contribution < -0.4 is 0 Å². The first-order valence-electron chi connectivity index (χ1n) is 5.69. The molecule has 0 N–H and O–H groups in total. The van der Waals surface area contributed by atoms with Crippen molar-refractivity contribution in [3.8, 4) is 0 Å². The molecule has 1 saturated carbocycles. The fourth-order valence-electron chi connectivity index (χ4n) is 2.39. The highest BCUT2D eigenvalue weighted by atomic mass is 19.4. The van der Waals surface area contributed by atoms with E-state index in [-0.39, 0.29) is 12.2 Å². The summed E-state index contributed by atoms with van der Waals surface area (Å²) >= 11 is 0. The van der Waals surface area contributed by atoms with Crippen LogP contribution in [0.3, 0.4) is 0 Å². The molecule has 0 bridgehead atoms. The second-order valence-corrected chi connectivity index (χ2v) is 4.73. The summed E-state index contributed by atoms with van der Waals surface area (Å²) < 4.78 is 40.1. The van der Waals surface area contributed by atoms with Gasteiger partial charge in [0.25, 0.3) is 0 Å². The van der Waals surface area contributed by atoms with E-state index in [1.807, 2.05) is 6.20 Å². The molecule has 0 radical (unpaired) electrons. The number of aromatic nitrogens is 2. The van der Waals surface area contributed by atoms with Crippen molar-refractivity contribution in [1.82, 2.24) is 9.55 Å². The number of hydrogen-bond donors (Lipinski definition) is 0. The molecule has 2 nitrogen and oxygen atoms in total. The third-order valence-electron chi connectivity index (χ3n) is 3.42. The molecule has 1 fully saturated rings. The van der Waals surface area contributed by atoms with E-state index in [2.05, 4.69) is 4.98 Å². The van der Waals surface area contributed by atoms with Crippen LogP contribution in [0.4, 0.5) is 13.2 Å². The van der Waals surface area contributed by atoms with Gasteiger partial charge in [0.2, 0.25) is 0 Å². The van der Waals surface area contributed by atoms with Crippen LogP contribution in [0.15, 0.2) is 6.20 Å². The molecule has 0 amide bonds. The predicted octanol–water partition coefficient (Wildman–Crippen LogP) is 3.20. The minimum absolute atomic E-state index is 0.185. The van der Waals surface area contributed by atoms with E-state index < -0.39 is 12.1 Å². The van der Waals surface area contributed by atoms with Gasteiger partial charge >= 0.3 is 6.18 Å². The van der Waals surface area contributed by atoms with Crippen molar-refractivity contribution in [2.24, 2.45) is 0 Å². The Hall–Kier alpha value is -1.00. The third-order valence-corrected chi connectivity index (χ3v) is 3.42. The number of rotatable bonds is 1. The van der Waals surface area contributed by atoms with Gasteiger partial charge in [0.15, 0.2) is 0 Å². The molecule has 1 aromatic heterocycles. The summed E-state index contributed by atoms with van der Waals surface area (Å²) in [4.78, 5) is 4.20. The van der Waals surface area contributed by atoms with Crippen molar-refractivity contribution in [2.75, 3.05) is 0 Å². The number of halogens is 3. The zero-order valence-corrected chi connectivity index (χ0v) is 8.80. The summed E-state index contributed by atoms with van der Waals surface area (Å²) in [5, 5.41) is 0. The van der Waals surface area contributed by atoms with Crippen LogP contribution in [0, 0.1) is 0 Å². The van der Waals surface area contributed by atoms with Crippen LogP contribution in [-0.2, 0) is 6.54 Å². The molecule has 0 spiro atoms. The average molecular weight is 230 g/mol. The van der Waals surface area contributed by atoms with Crippen LogP contribution in [-0.4, -0.2) is 15.7 Å². The Kier molecular flexibility index (Phi) is 2.06. The van der Waals surface area contributed by atoms with Gasteiger partial charge < -0.3 is 4.57 Å². The SMILES string of the molecule is FC(F)(F)[C@H]1CCCn2cc(C3CC3)nc21. The Morgan fingerprint density at radius 3 is 2.62 bits per heavy atom. The van der Waals surface area contributed by atoms with E-state index in [0.29, 0.717) is 18.9 Å². The molecule has 5 heteroatoms. The monoisotopic (exact) mass is 230 g/mol. The lowest BCUT2D eigenvalue weighted by Gasteiger charge is -2.25. The minimum atomic E-state index is -4.15. The first-order chi connectivity index (χ1) is 7.55. The number of fused-ring (bicyclic) bond motifs is 1. The van der Waals surface area contributed by atoms with Crippen LogP contribution in [0.1, 0.15) is 49.0 Å². The second-order valence-electron chi connectivity index (χ2n) is 4.73. The molecule has 0 saturated heterocycles. The van der Waals surface area contributed by atoms with Gasteiger partial charge in [-0.15, -0.1) is 0 Å². The van der Waals surface area contributed by atoms with E-state index in [1.54, 1.807) is 4.57 Å². The Bertz CT molecular complexity index is 404. The summed E-state index contributed by atoms with van der Waals surface area (Å²) in [6, 6.07) is 0. The predicted molar refractivity (Wildman–Crippen MR) is 52.2 cm³/mol. The third kappa shape index (κ3) is 1.62. The van der Waals surface area contributed by atoms with Crippen LogP contribution >= 0.6 is 0 Å². The van der Waals surface area contributed by atoms with Gasteiger partial charge in [-0.05, 0) is 25.7 Å². The van der Waals surface area contributed by atoms with E-state index in [4.69, 9.17) is 0 Å². The molecule has 0 aromatic carbocycles. The van der Waals surface area contributed by atoms with Crippen molar-refractivity contribution in [1.29, 1.82) is 0 Å². The minimum Gasteiger partial charge on any atom is -0.334 e. The smallest absolute Gasteiger partial charge is 0.334 e. The lowest BCUT2D eigenvalue weighted by atomic mass is 9.98. The van der Waals surface area contributed by atoms with Crippen molar-refractivity contribution in [2.45, 2.75) is 50.2 Å². The van der Waals surface area contributed by atoms with Gasteiger partial charge in [-0.25, -0.2) is 4.98 Å². The lowest BCUT2D eigenvalue weighted by Crippen LogP contribution is -2.27. The van der Waals surface area contributed by atoms with Crippen molar-refractivity contribution >= 4 is 0 Å². The zero-order valence-electron chi connectivity index (χ0n) is 8.80. The highest BCUT2D eigenvalue weighted by molar-refractivity contribution is 5.18. The highest BCUT2D eigenvalue weighted by Gasteiger charge is 2.45. The summed E-state index contributed by atoms with van der Waals surface area (Å²) in [6.07, 6.45) is 0.609. The van der Waals surface area contributed by atoms with Crippen molar-refractivity contribution < 1.29 is 13.2 Å². The van der Waals surface area contributed by atoms with E-state index >= 15 is 0 Å². The fourth-order valence-corrected chi connectivity index (χ4v) is 2.39. The number of aryl methyl sites for hydroxylation is 1. The maximum Gasteiger partial charge on any atom is 0.398 e. The number of nitrogens with zero attached hydrogens (tertiary/aromatic N) is 2. The molecule has 88 valence electrons. The Labute approximate surface area is 91.5 Å². The topological polar surface area (TPSA) is 17.8 Å². The number of alkyl halides is 3. The standard InChI is InChI=1S/C11H13F3N2/c12-11(13,14)8-2-1-5-16-6-9(7-3-4-7)15-10(8)16/h6-8H,1-5H2/t8-/m0/s1. The second kappa shape index (κ2) is 3.25. The largest absolute Gasteiger partial charge is 0.398 e. The molecule has 1 aromatic rings. The Balaban J connectivity index is 1.97. The van der Waals surface area contributed by atoms with Gasteiger partial charge in [-0.1, -0.05) is 0 Å². The van der Waals surface area contributed by atoms with Crippen molar-refractivity contribution in [3.63, 3.8) is 0 Å². The van der Waals surface area contributed by atoms with E-state index in [0.717, 1.165) is 18.5 Å². The molecular formula is C11H13F3N2. The Morgan fingerprint density at radius 1 is 1.25 bits per heavy atom. The van der Waals surface area contributed by atoms with Crippen LogP contribution in [0.2, 0.25) is 0 Å². The first kappa shape index (κ1) is 10.2. The average Bonchev–Trinajstić information content (AvgIpc) is 2.95. The number of hydrogen-bond acceptors (Lipinski definition) is 1. The number of imidazole rings is 1. The summed E-state index contributed by atoms with van der Waals surface area (Å²) in [5.74, 6) is -0.693. The fraction of sp³-hybridized carbons (Fsp3) is 0.727. The molecule has 16 heavy (non-hydrogen) atoms. The quantitative estimate of drug-likeness (QED) is 0.724. The van der Waals surface area contributed by atoms with Gasteiger partial charge in [-0.2, -0.15) is 13.2 Å². The zero-order chi connectivity index (χ0) is 11.3. The van der Waals surface area contributed by atoms with Crippen LogP contribution in [0.25, 0.3) is 0 Å². The van der Waals surface area contributed by atoms with E-state index in [9.17, 15) is 13.2 Å². The molecule has 2 heterocycles. The summed E-state index contributed by atoms with van der Waals surface area (Å²) in [5.41, 5.74) is 0.867. The summed E-state index contributed by atoms with van der Waals surface area (Å²) in [7, 11) is 0. The molecule has 1 atom stereocenters. The van der Waals surface area contributed by atoms with Gasteiger partial charge in [0, 0.05) is 18.7 Å². The van der Waals surface area contributed by atoms with Gasteiger partial charge in [0.1, 0.15) is 11.7 Å². The maximum atomic E-state index is 12.8. The highest BCUT2D eigenvalue weighted by Crippen LogP contribution is 2.44. The molecule has 1 aliphatic heterocycles. The normalized spacial score (nSPS) is 25.6. The molecule has 3 rings (SSSR count). The van der Waals surface area contributed by atoms with Crippen LogP contribution in [0.5, 0.6) is 0 Å². The summed E-state index contributed by atoms with van der Waals surface area (Å²) in [6.45, 7) is 0.682. The van der Waals surface area contributed by atoms with Gasteiger partial charge in [0.05, 0.1) is 5.69 Å². The molecule has 2 aliphatic rings. The van der Waals surface area contributed by atoms with E-state index in [1.165, 1.54) is 0 Å².